The summed E-state index contributed by atoms with van der Waals surface area (Å²) >= 11 is 0. The van der Waals surface area contributed by atoms with Crippen LogP contribution in [0.15, 0.2) is 36.4 Å². The first kappa shape index (κ1) is 15.0. The van der Waals surface area contributed by atoms with E-state index in [1.165, 1.54) is 29.5 Å². The van der Waals surface area contributed by atoms with Crippen molar-refractivity contribution in [3.8, 4) is 0 Å². The second-order valence-electron chi connectivity index (χ2n) is 5.34. The lowest BCUT2D eigenvalue weighted by Gasteiger charge is -2.19. The first-order valence-corrected chi connectivity index (χ1v) is 7.05. The SMILES string of the molecule is C=C(C)CCC(Cc1cccc(C)c1)NCCC. The van der Waals surface area contributed by atoms with Crippen molar-refractivity contribution in [3.63, 3.8) is 0 Å². The maximum Gasteiger partial charge on any atom is 0.0110 e. The largest absolute Gasteiger partial charge is 0.314 e. The van der Waals surface area contributed by atoms with Crippen molar-refractivity contribution < 1.29 is 0 Å². The van der Waals surface area contributed by atoms with Gasteiger partial charge >= 0.3 is 0 Å². The monoisotopic (exact) mass is 245 g/mol. The molecule has 1 N–H and O–H groups in total. The molecule has 0 amide bonds. The van der Waals surface area contributed by atoms with Crippen LogP contribution in [0, 0.1) is 6.92 Å². The van der Waals surface area contributed by atoms with Gasteiger partial charge in [-0.3, -0.25) is 0 Å². The van der Waals surface area contributed by atoms with Gasteiger partial charge in [-0.05, 0) is 51.6 Å². The molecule has 1 atom stereocenters. The number of rotatable bonds is 8. The van der Waals surface area contributed by atoms with Gasteiger partial charge in [0.2, 0.25) is 0 Å². The average Bonchev–Trinajstić information content (AvgIpc) is 2.32. The lowest BCUT2D eigenvalue weighted by Crippen LogP contribution is -2.31. The minimum atomic E-state index is 0.573. The van der Waals surface area contributed by atoms with E-state index in [1.54, 1.807) is 0 Å². The molecular formula is C17H27N. The molecule has 1 aromatic carbocycles. The van der Waals surface area contributed by atoms with E-state index >= 15 is 0 Å². The summed E-state index contributed by atoms with van der Waals surface area (Å²) in [6, 6.07) is 9.41. The van der Waals surface area contributed by atoms with Gasteiger partial charge in [0.05, 0.1) is 0 Å². The van der Waals surface area contributed by atoms with Crippen molar-refractivity contribution in [2.24, 2.45) is 0 Å². The third-order valence-corrected chi connectivity index (χ3v) is 3.17. The predicted molar refractivity (Wildman–Crippen MR) is 81.0 cm³/mol. The standard InChI is InChI=1S/C17H27N/c1-5-11-18-17(10-9-14(2)3)13-16-8-6-7-15(4)12-16/h6-8,12,17-18H,2,5,9-11,13H2,1,3-4H3. The summed E-state index contributed by atoms with van der Waals surface area (Å²) in [5, 5.41) is 3.65. The van der Waals surface area contributed by atoms with Crippen LogP contribution in [-0.4, -0.2) is 12.6 Å². The molecule has 0 aliphatic heterocycles. The number of aryl methyl sites for hydroxylation is 1. The summed E-state index contributed by atoms with van der Waals surface area (Å²) in [7, 11) is 0. The topological polar surface area (TPSA) is 12.0 Å². The predicted octanol–water partition coefficient (Wildman–Crippen LogP) is 4.26. The van der Waals surface area contributed by atoms with E-state index in [4.69, 9.17) is 0 Å². The molecule has 0 aliphatic rings. The van der Waals surface area contributed by atoms with E-state index in [0.29, 0.717) is 6.04 Å². The van der Waals surface area contributed by atoms with Crippen molar-refractivity contribution in [1.82, 2.24) is 5.32 Å². The Morgan fingerprint density at radius 3 is 2.78 bits per heavy atom. The molecule has 0 bridgehead atoms. The van der Waals surface area contributed by atoms with E-state index in [0.717, 1.165) is 19.4 Å². The molecule has 0 spiro atoms. The first-order valence-electron chi connectivity index (χ1n) is 7.05. The summed E-state index contributed by atoms with van der Waals surface area (Å²) < 4.78 is 0. The van der Waals surface area contributed by atoms with Gasteiger partial charge < -0.3 is 5.32 Å². The number of benzene rings is 1. The van der Waals surface area contributed by atoms with Crippen molar-refractivity contribution >= 4 is 0 Å². The Bertz CT molecular complexity index is 368. The molecule has 1 rings (SSSR count). The Hall–Kier alpha value is -1.08. The van der Waals surface area contributed by atoms with Crippen LogP contribution < -0.4 is 5.32 Å². The Labute approximate surface area is 112 Å². The van der Waals surface area contributed by atoms with Crippen LogP contribution in [0.2, 0.25) is 0 Å². The molecule has 0 radical (unpaired) electrons. The Kier molecular flexibility index (Phi) is 6.74. The van der Waals surface area contributed by atoms with Gasteiger partial charge in [0.25, 0.3) is 0 Å². The lowest BCUT2D eigenvalue weighted by atomic mass is 9.99. The highest BCUT2D eigenvalue weighted by Gasteiger charge is 2.08. The first-order chi connectivity index (χ1) is 8.61. The molecule has 1 aromatic rings. The van der Waals surface area contributed by atoms with E-state index in [2.05, 4.69) is 56.9 Å². The van der Waals surface area contributed by atoms with Gasteiger partial charge in [-0.15, -0.1) is 6.58 Å². The quantitative estimate of drug-likeness (QED) is 0.675. The van der Waals surface area contributed by atoms with Gasteiger partial charge in [0.15, 0.2) is 0 Å². The zero-order valence-corrected chi connectivity index (χ0v) is 12.1. The second kappa shape index (κ2) is 8.10. The van der Waals surface area contributed by atoms with Crippen LogP contribution in [0.4, 0.5) is 0 Å². The fourth-order valence-corrected chi connectivity index (χ4v) is 2.17. The molecule has 1 unspecified atom stereocenters. The Balaban J connectivity index is 2.56. The van der Waals surface area contributed by atoms with Crippen molar-refractivity contribution in [3.05, 3.63) is 47.5 Å². The molecule has 0 fully saturated rings. The lowest BCUT2D eigenvalue weighted by molar-refractivity contribution is 0.477. The highest BCUT2D eigenvalue weighted by atomic mass is 14.9. The van der Waals surface area contributed by atoms with E-state index in [1.807, 2.05) is 0 Å². The molecule has 0 heterocycles. The molecular weight excluding hydrogens is 218 g/mol. The molecule has 1 heteroatoms. The zero-order valence-electron chi connectivity index (χ0n) is 12.1. The molecule has 0 aliphatic carbocycles. The number of hydrogen-bond donors (Lipinski definition) is 1. The minimum absolute atomic E-state index is 0.573. The van der Waals surface area contributed by atoms with E-state index in [9.17, 15) is 0 Å². The number of hydrogen-bond acceptors (Lipinski definition) is 1. The average molecular weight is 245 g/mol. The Morgan fingerprint density at radius 1 is 1.39 bits per heavy atom. The summed E-state index contributed by atoms with van der Waals surface area (Å²) in [5.74, 6) is 0. The third-order valence-electron chi connectivity index (χ3n) is 3.17. The van der Waals surface area contributed by atoms with Crippen LogP contribution in [0.5, 0.6) is 0 Å². The summed E-state index contributed by atoms with van der Waals surface area (Å²) in [4.78, 5) is 0. The van der Waals surface area contributed by atoms with Crippen LogP contribution in [0.1, 0.15) is 44.2 Å². The summed E-state index contributed by atoms with van der Waals surface area (Å²) in [6.45, 7) is 11.6. The Morgan fingerprint density at radius 2 is 2.17 bits per heavy atom. The van der Waals surface area contributed by atoms with Gasteiger partial charge in [0, 0.05) is 6.04 Å². The smallest absolute Gasteiger partial charge is 0.0110 e. The summed E-state index contributed by atoms with van der Waals surface area (Å²) in [6.07, 6.45) is 4.61. The fourth-order valence-electron chi connectivity index (χ4n) is 2.17. The maximum absolute atomic E-state index is 4.00. The number of allylic oxidation sites excluding steroid dienone is 1. The third kappa shape index (κ3) is 6.02. The van der Waals surface area contributed by atoms with Crippen LogP contribution in [0.3, 0.4) is 0 Å². The molecule has 0 saturated carbocycles. The normalized spacial score (nSPS) is 12.4. The van der Waals surface area contributed by atoms with Crippen LogP contribution >= 0.6 is 0 Å². The fraction of sp³-hybridized carbons (Fsp3) is 0.529. The minimum Gasteiger partial charge on any atom is -0.314 e. The molecule has 0 aromatic heterocycles. The van der Waals surface area contributed by atoms with Crippen LogP contribution in [0.25, 0.3) is 0 Å². The van der Waals surface area contributed by atoms with Gasteiger partial charge in [0.1, 0.15) is 0 Å². The van der Waals surface area contributed by atoms with Gasteiger partial charge in [-0.1, -0.05) is 42.3 Å². The van der Waals surface area contributed by atoms with Crippen LogP contribution in [-0.2, 0) is 6.42 Å². The highest BCUT2D eigenvalue weighted by Crippen LogP contribution is 2.12. The number of nitrogens with one attached hydrogen (secondary N) is 1. The van der Waals surface area contributed by atoms with Gasteiger partial charge in [-0.25, -0.2) is 0 Å². The molecule has 18 heavy (non-hydrogen) atoms. The van der Waals surface area contributed by atoms with E-state index in [-0.39, 0.29) is 0 Å². The van der Waals surface area contributed by atoms with Gasteiger partial charge in [-0.2, -0.15) is 0 Å². The van der Waals surface area contributed by atoms with Crippen molar-refractivity contribution in [2.45, 2.75) is 52.5 Å². The van der Waals surface area contributed by atoms with E-state index < -0.39 is 0 Å². The maximum atomic E-state index is 4.00. The van der Waals surface area contributed by atoms with Crippen molar-refractivity contribution in [2.75, 3.05) is 6.54 Å². The second-order valence-corrected chi connectivity index (χ2v) is 5.34. The highest BCUT2D eigenvalue weighted by molar-refractivity contribution is 5.23. The molecule has 100 valence electrons. The molecule has 0 saturated heterocycles. The van der Waals surface area contributed by atoms with Crippen molar-refractivity contribution in [1.29, 1.82) is 0 Å². The summed E-state index contributed by atoms with van der Waals surface area (Å²) in [5.41, 5.74) is 4.06. The molecule has 1 nitrogen and oxygen atoms in total. The zero-order chi connectivity index (χ0) is 13.4.